The van der Waals surface area contributed by atoms with E-state index in [4.69, 9.17) is 0 Å². The molecule has 1 fully saturated rings. The second kappa shape index (κ2) is 7.90. The quantitative estimate of drug-likeness (QED) is 0.816. The number of hydrogen-bond acceptors (Lipinski definition) is 4. The number of carbonyl (C=O) groups excluding carboxylic acids is 1. The summed E-state index contributed by atoms with van der Waals surface area (Å²) in [6, 6.07) is 6.54. The molecule has 128 valence electrons. The molecule has 0 bridgehead atoms. The molecule has 2 rings (SSSR count). The van der Waals surface area contributed by atoms with Gasteiger partial charge >= 0.3 is 0 Å². The van der Waals surface area contributed by atoms with Crippen molar-refractivity contribution in [3.05, 3.63) is 29.8 Å². The summed E-state index contributed by atoms with van der Waals surface area (Å²) < 4.78 is 27.2. The molecule has 6 nitrogen and oxygen atoms in total. The van der Waals surface area contributed by atoms with Crippen LogP contribution in [0.25, 0.3) is 0 Å². The van der Waals surface area contributed by atoms with Gasteiger partial charge in [0, 0.05) is 25.7 Å². The molecule has 1 saturated heterocycles. The highest BCUT2D eigenvalue weighted by atomic mass is 32.2. The summed E-state index contributed by atoms with van der Waals surface area (Å²) in [5.74, 6) is -0.358. The third kappa shape index (κ3) is 4.31. The maximum Gasteiger partial charge on any atom is 0.252 e. The van der Waals surface area contributed by atoms with Crippen molar-refractivity contribution < 1.29 is 13.2 Å². The minimum Gasteiger partial charge on any atom is -0.350 e. The highest BCUT2D eigenvalue weighted by molar-refractivity contribution is 7.89. The number of sulfonamides is 1. The van der Waals surface area contributed by atoms with Crippen molar-refractivity contribution in [3.8, 4) is 0 Å². The number of benzene rings is 1. The summed E-state index contributed by atoms with van der Waals surface area (Å²) >= 11 is 0. The number of nitrogens with zero attached hydrogens (tertiary/aromatic N) is 1. The van der Waals surface area contributed by atoms with Crippen LogP contribution in [0.2, 0.25) is 0 Å². The number of piperidine rings is 1. The number of amides is 1. The van der Waals surface area contributed by atoms with E-state index in [2.05, 4.69) is 10.6 Å². The van der Waals surface area contributed by atoms with Crippen LogP contribution in [-0.2, 0) is 10.0 Å². The van der Waals surface area contributed by atoms with Gasteiger partial charge in [-0.3, -0.25) is 4.79 Å². The average Bonchev–Trinajstić information content (AvgIpc) is 2.60. The average molecular weight is 339 g/mol. The van der Waals surface area contributed by atoms with E-state index in [9.17, 15) is 13.2 Å². The Balaban J connectivity index is 2.24. The van der Waals surface area contributed by atoms with Gasteiger partial charge in [0.25, 0.3) is 5.91 Å². The Morgan fingerprint density at radius 1 is 1.22 bits per heavy atom. The van der Waals surface area contributed by atoms with Gasteiger partial charge in [-0.05, 0) is 38.9 Å². The van der Waals surface area contributed by atoms with E-state index in [0.29, 0.717) is 19.6 Å². The lowest BCUT2D eigenvalue weighted by molar-refractivity contribution is 0.0947. The number of nitrogens with one attached hydrogen (secondary N) is 2. The maximum absolute atomic E-state index is 12.8. The molecule has 1 aliphatic rings. The first-order valence-corrected chi connectivity index (χ1v) is 9.45. The topological polar surface area (TPSA) is 78.5 Å². The molecule has 0 aromatic heterocycles. The molecule has 0 saturated carbocycles. The largest absolute Gasteiger partial charge is 0.350 e. The van der Waals surface area contributed by atoms with Crippen molar-refractivity contribution in [1.29, 1.82) is 0 Å². The Morgan fingerprint density at radius 2 is 1.87 bits per heavy atom. The molecule has 1 heterocycles. The Labute approximate surface area is 138 Å². The molecule has 2 N–H and O–H groups in total. The van der Waals surface area contributed by atoms with Crippen LogP contribution in [0.3, 0.4) is 0 Å². The summed E-state index contributed by atoms with van der Waals surface area (Å²) in [6.07, 6.45) is 2.79. The third-order valence-corrected chi connectivity index (χ3v) is 6.08. The van der Waals surface area contributed by atoms with Crippen molar-refractivity contribution in [2.75, 3.05) is 26.7 Å². The molecule has 0 spiro atoms. The van der Waals surface area contributed by atoms with Gasteiger partial charge in [0.2, 0.25) is 10.0 Å². The minimum absolute atomic E-state index is 0.0940. The molecule has 0 aliphatic carbocycles. The van der Waals surface area contributed by atoms with Gasteiger partial charge < -0.3 is 10.6 Å². The van der Waals surface area contributed by atoms with Crippen LogP contribution in [0.4, 0.5) is 0 Å². The van der Waals surface area contributed by atoms with E-state index in [-0.39, 0.29) is 22.4 Å². The van der Waals surface area contributed by atoms with Gasteiger partial charge in [0.05, 0.1) is 10.5 Å². The van der Waals surface area contributed by atoms with E-state index < -0.39 is 10.0 Å². The van der Waals surface area contributed by atoms with Gasteiger partial charge in [-0.25, -0.2) is 8.42 Å². The first-order valence-electron chi connectivity index (χ1n) is 8.01. The number of carbonyl (C=O) groups is 1. The van der Waals surface area contributed by atoms with Crippen LogP contribution in [0.1, 0.15) is 36.5 Å². The first kappa shape index (κ1) is 17.9. The predicted molar refractivity (Wildman–Crippen MR) is 89.9 cm³/mol. The van der Waals surface area contributed by atoms with Crippen LogP contribution in [0, 0.1) is 0 Å². The van der Waals surface area contributed by atoms with E-state index in [1.54, 1.807) is 18.2 Å². The van der Waals surface area contributed by atoms with Crippen molar-refractivity contribution in [2.45, 2.75) is 37.1 Å². The zero-order chi connectivity index (χ0) is 16.9. The first-order chi connectivity index (χ1) is 11.0. The standard InChI is InChI=1S/C16H25N3O3S/c1-13(17-2)12-18-16(20)14-8-4-5-9-15(14)23(21,22)19-10-6-3-7-11-19/h4-5,8-9,13,17H,3,6-7,10-12H2,1-2H3,(H,18,20). The highest BCUT2D eigenvalue weighted by Gasteiger charge is 2.29. The lowest BCUT2D eigenvalue weighted by Gasteiger charge is -2.26. The van der Waals surface area contributed by atoms with Crippen LogP contribution in [0.15, 0.2) is 29.2 Å². The molecule has 1 aromatic rings. The van der Waals surface area contributed by atoms with Gasteiger partial charge in [-0.15, -0.1) is 0 Å². The zero-order valence-corrected chi connectivity index (χ0v) is 14.5. The summed E-state index contributed by atoms with van der Waals surface area (Å²) in [5, 5.41) is 5.81. The lowest BCUT2D eigenvalue weighted by Crippen LogP contribution is -2.39. The fourth-order valence-electron chi connectivity index (χ4n) is 2.57. The Morgan fingerprint density at radius 3 is 2.52 bits per heavy atom. The number of likely N-dealkylation sites (N-methyl/N-ethyl adjacent to an activating group) is 1. The predicted octanol–water partition coefficient (Wildman–Crippen LogP) is 1.20. The van der Waals surface area contributed by atoms with Crippen molar-refractivity contribution >= 4 is 15.9 Å². The second-order valence-electron chi connectivity index (χ2n) is 5.86. The molecule has 1 aliphatic heterocycles. The summed E-state index contributed by atoms with van der Waals surface area (Å²) in [7, 11) is -1.81. The molecule has 1 aromatic carbocycles. The van der Waals surface area contributed by atoms with E-state index in [1.807, 2.05) is 14.0 Å². The van der Waals surface area contributed by atoms with E-state index in [0.717, 1.165) is 19.3 Å². The minimum atomic E-state index is -3.62. The summed E-state index contributed by atoms with van der Waals surface area (Å²) in [6.45, 7) is 3.42. The molecular formula is C16H25N3O3S. The summed E-state index contributed by atoms with van der Waals surface area (Å²) in [4.78, 5) is 12.5. The van der Waals surface area contributed by atoms with Gasteiger partial charge in [0.1, 0.15) is 0 Å². The smallest absolute Gasteiger partial charge is 0.252 e. The summed E-state index contributed by atoms with van der Waals surface area (Å²) in [5.41, 5.74) is 0.210. The van der Waals surface area contributed by atoms with Crippen molar-refractivity contribution in [2.24, 2.45) is 0 Å². The normalized spacial score (nSPS) is 17.7. The Kier molecular flexibility index (Phi) is 6.15. The van der Waals surface area contributed by atoms with Gasteiger partial charge in [0.15, 0.2) is 0 Å². The van der Waals surface area contributed by atoms with Crippen LogP contribution >= 0.6 is 0 Å². The van der Waals surface area contributed by atoms with Crippen LogP contribution < -0.4 is 10.6 Å². The molecule has 23 heavy (non-hydrogen) atoms. The monoisotopic (exact) mass is 339 g/mol. The highest BCUT2D eigenvalue weighted by Crippen LogP contribution is 2.23. The van der Waals surface area contributed by atoms with Crippen LogP contribution in [0.5, 0.6) is 0 Å². The van der Waals surface area contributed by atoms with Crippen molar-refractivity contribution in [3.63, 3.8) is 0 Å². The van der Waals surface area contributed by atoms with Gasteiger partial charge in [-0.1, -0.05) is 18.6 Å². The second-order valence-corrected chi connectivity index (χ2v) is 7.77. The SMILES string of the molecule is CNC(C)CNC(=O)c1ccccc1S(=O)(=O)N1CCCCC1. The zero-order valence-electron chi connectivity index (χ0n) is 13.7. The number of hydrogen-bond donors (Lipinski definition) is 2. The molecule has 1 amide bonds. The maximum atomic E-state index is 12.8. The fraction of sp³-hybridized carbons (Fsp3) is 0.562. The molecule has 1 unspecified atom stereocenters. The van der Waals surface area contributed by atoms with Gasteiger partial charge in [-0.2, -0.15) is 4.31 Å². The Hall–Kier alpha value is -1.44. The molecule has 1 atom stereocenters. The Bertz CT molecular complexity index is 640. The molecular weight excluding hydrogens is 314 g/mol. The van der Waals surface area contributed by atoms with E-state index >= 15 is 0 Å². The lowest BCUT2D eigenvalue weighted by atomic mass is 10.2. The van der Waals surface area contributed by atoms with E-state index in [1.165, 1.54) is 10.4 Å². The fourth-order valence-corrected chi connectivity index (χ4v) is 4.27. The third-order valence-electron chi connectivity index (χ3n) is 4.13. The number of rotatable bonds is 6. The molecule has 7 heteroatoms. The van der Waals surface area contributed by atoms with Crippen molar-refractivity contribution in [1.82, 2.24) is 14.9 Å². The van der Waals surface area contributed by atoms with Crippen LogP contribution in [-0.4, -0.2) is 51.4 Å². The molecule has 0 radical (unpaired) electrons.